The first-order valence-electron chi connectivity index (χ1n) is 9.97. The molecule has 0 saturated carbocycles. The van der Waals surface area contributed by atoms with E-state index in [0.29, 0.717) is 26.1 Å². The molecule has 0 unspecified atom stereocenters. The van der Waals surface area contributed by atoms with E-state index in [1.807, 2.05) is 6.92 Å². The van der Waals surface area contributed by atoms with Crippen LogP contribution in [0.2, 0.25) is 18.1 Å². The second-order valence-electron chi connectivity index (χ2n) is 9.38. The SMILES string of the molecule is COC(=O)CC/C(C)=C(\C)C[C@@H](CC1(C)OCCO1)O[Si](C)(C)C(C)(C)C. The van der Waals surface area contributed by atoms with Gasteiger partial charge in [-0.3, -0.25) is 4.79 Å². The zero-order chi connectivity index (χ0) is 20.9. The maximum Gasteiger partial charge on any atom is 0.305 e. The van der Waals surface area contributed by atoms with Crippen LogP contribution in [-0.4, -0.2) is 46.5 Å². The number of carbonyl (C=O) groups is 1. The average Bonchev–Trinajstić information content (AvgIpc) is 2.96. The van der Waals surface area contributed by atoms with E-state index in [9.17, 15) is 4.79 Å². The van der Waals surface area contributed by atoms with Crippen molar-refractivity contribution in [2.75, 3.05) is 20.3 Å². The van der Waals surface area contributed by atoms with E-state index in [1.165, 1.54) is 18.3 Å². The van der Waals surface area contributed by atoms with Crippen LogP contribution in [-0.2, 0) is 23.4 Å². The highest BCUT2D eigenvalue weighted by atomic mass is 28.4. The Balaban J connectivity index is 2.91. The molecule has 1 heterocycles. The number of allylic oxidation sites excluding steroid dienone is 1. The molecule has 0 radical (unpaired) electrons. The van der Waals surface area contributed by atoms with Gasteiger partial charge in [-0.2, -0.15) is 0 Å². The molecule has 1 rings (SSSR count). The van der Waals surface area contributed by atoms with Gasteiger partial charge in [-0.25, -0.2) is 0 Å². The van der Waals surface area contributed by atoms with Crippen molar-refractivity contribution < 1.29 is 23.4 Å². The van der Waals surface area contributed by atoms with Crippen molar-refractivity contribution in [3.63, 3.8) is 0 Å². The summed E-state index contributed by atoms with van der Waals surface area (Å²) in [4.78, 5) is 11.4. The molecule has 1 saturated heterocycles. The van der Waals surface area contributed by atoms with Crippen molar-refractivity contribution in [2.45, 2.75) is 97.2 Å². The van der Waals surface area contributed by atoms with Crippen LogP contribution >= 0.6 is 0 Å². The number of esters is 1. The maximum absolute atomic E-state index is 11.4. The van der Waals surface area contributed by atoms with Crippen LogP contribution in [0.4, 0.5) is 0 Å². The van der Waals surface area contributed by atoms with Crippen LogP contribution in [0.15, 0.2) is 11.1 Å². The topological polar surface area (TPSA) is 54.0 Å². The Labute approximate surface area is 166 Å². The van der Waals surface area contributed by atoms with Crippen LogP contribution in [0.25, 0.3) is 0 Å². The maximum atomic E-state index is 11.4. The Morgan fingerprint density at radius 1 is 1.11 bits per heavy atom. The molecule has 0 aromatic carbocycles. The molecule has 0 aliphatic carbocycles. The van der Waals surface area contributed by atoms with Gasteiger partial charge < -0.3 is 18.6 Å². The number of hydrogen-bond acceptors (Lipinski definition) is 5. The zero-order valence-electron chi connectivity index (χ0n) is 18.9. The highest BCUT2D eigenvalue weighted by molar-refractivity contribution is 6.74. The van der Waals surface area contributed by atoms with Crippen LogP contribution in [0, 0.1) is 0 Å². The van der Waals surface area contributed by atoms with Gasteiger partial charge in [-0.1, -0.05) is 31.9 Å². The van der Waals surface area contributed by atoms with Crippen LogP contribution in [0.5, 0.6) is 0 Å². The molecule has 5 nitrogen and oxygen atoms in total. The van der Waals surface area contributed by atoms with E-state index in [-0.39, 0.29) is 17.1 Å². The highest BCUT2D eigenvalue weighted by Gasteiger charge is 2.42. The molecular weight excluding hydrogens is 360 g/mol. The molecule has 27 heavy (non-hydrogen) atoms. The molecule has 158 valence electrons. The summed E-state index contributed by atoms with van der Waals surface area (Å²) in [6, 6.07) is 0. The van der Waals surface area contributed by atoms with E-state index in [4.69, 9.17) is 18.6 Å². The van der Waals surface area contributed by atoms with Gasteiger partial charge in [0, 0.05) is 12.8 Å². The highest BCUT2D eigenvalue weighted by Crippen LogP contribution is 2.40. The first-order valence-corrected chi connectivity index (χ1v) is 12.9. The predicted octanol–water partition coefficient (Wildman–Crippen LogP) is 5.21. The van der Waals surface area contributed by atoms with Crippen molar-refractivity contribution in [3.05, 3.63) is 11.1 Å². The summed E-state index contributed by atoms with van der Waals surface area (Å²) in [5.74, 6) is -0.746. The monoisotopic (exact) mass is 400 g/mol. The number of hydrogen-bond donors (Lipinski definition) is 0. The quantitative estimate of drug-likeness (QED) is 0.302. The third-order valence-electron chi connectivity index (χ3n) is 5.96. The molecule has 1 atom stereocenters. The summed E-state index contributed by atoms with van der Waals surface area (Å²) < 4.78 is 23.2. The van der Waals surface area contributed by atoms with Gasteiger partial charge in [0.05, 0.1) is 26.4 Å². The molecule has 0 aromatic rings. The zero-order valence-corrected chi connectivity index (χ0v) is 19.9. The van der Waals surface area contributed by atoms with Gasteiger partial charge in [0.2, 0.25) is 0 Å². The minimum absolute atomic E-state index is 0.0297. The molecule has 0 aromatic heterocycles. The molecule has 1 fully saturated rings. The van der Waals surface area contributed by atoms with Gasteiger partial charge in [-0.15, -0.1) is 0 Å². The molecule has 6 heteroatoms. The lowest BCUT2D eigenvalue weighted by molar-refractivity contribution is -0.161. The third-order valence-corrected chi connectivity index (χ3v) is 10.5. The molecule has 0 N–H and O–H groups in total. The van der Waals surface area contributed by atoms with E-state index in [1.54, 1.807) is 0 Å². The fourth-order valence-electron chi connectivity index (χ4n) is 2.96. The van der Waals surface area contributed by atoms with Gasteiger partial charge in [0.15, 0.2) is 14.1 Å². The second kappa shape index (κ2) is 9.68. The van der Waals surface area contributed by atoms with Gasteiger partial charge >= 0.3 is 5.97 Å². The Kier molecular flexibility index (Phi) is 8.73. The van der Waals surface area contributed by atoms with Crippen molar-refractivity contribution in [2.24, 2.45) is 0 Å². The molecule has 1 aliphatic heterocycles. The number of carbonyl (C=O) groups excluding carboxylic acids is 1. The summed E-state index contributed by atoms with van der Waals surface area (Å²) >= 11 is 0. The standard InChI is InChI=1S/C21H40O5Si/c1-16(10-11-19(22)23-7)17(2)14-18(15-21(6)24-12-13-25-21)26-27(8,9)20(3,4)5/h18H,10-15H2,1-9H3/b17-16+/t18-/m0/s1. The van der Waals surface area contributed by atoms with E-state index in [0.717, 1.165) is 12.8 Å². The average molecular weight is 401 g/mol. The van der Waals surface area contributed by atoms with Crippen molar-refractivity contribution in [3.8, 4) is 0 Å². The number of methoxy groups -OCH3 is 1. The smallest absolute Gasteiger partial charge is 0.305 e. The summed E-state index contributed by atoms with van der Waals surface area (Å²) in [5, 5.41) is 0.140. The summed E-state index contributed by atoms with van der Waals surface area (Å²) in [5.41, 5.74) is 2.49. The summed E-state index contributed by atoms with van der Waals surface area (Å²) in [6.45, 7) is 18.8. The third kappa shape index (κ3) is 7.68. The lowest BCUT2D eigenvalue weighted by Crippen LogP contribution is -2.46. The van der Waals surface area contributed by atoms with Gasteiger partial charge in [-0.05, 0) is 51.7 Å². The predicted molar refractivity (Wildman–Crippen MR) is 111 cm³/mol. The summed E-state index contributed by atoms with van der Waals surface area (Å²) in [6.07, 6.45) is 2.69. The van der Waals surface area contributed by atoms with E-state index in [2.05, 4.69) is 47.7 Å². The van der Waals surface area contributed by atoms with Gasteiger partial charge in [0.25, 0.3) is 0 Å². The Hall–Kier alpha value is -0.693. The first kappa shape index (κ1) is 24.3. The summed E-state index contributed by atoms with van der Waals surface area (Å²) in [7, 11) is -0.494. The van der Waals surface area contributed by atoms with Crippen LogP contribution in [0.1, 0.15) is 67.2 Å². The second-order valence-corrected chi connectivity index (χ2v) is 14.1. The Morgan fingerprint density at radius 2 is 1.67 bits per heavy atom. The first-order chi connectivity index (χ1) is 12.3. The van der Waals surface area contributed by atoms with Crippen molar-refractivity contribution >= 4 is 14.3 Å². The largest absolute Gasteiger partial charge is 0.469 e. The van der Waals surface area contributed by atoms with Crippen LogP contribution in [0.3, 0.4) is 0 Å². The van der Waals surface area contributed by atoms with Gasteiger partial charge in [0.1, 0.15) is 0 Å². The fraction of sp³-hybridized carbons (Fsp3) is 0.857. The van der Waals surface area contributed by atoms with E-state index < -0.39 is 14.1 Å². The fourth-order valence-corrected chi connectivity index (χ4v) is 4.31. The number of rotatable bonds is 9. The van der Waals surface area contributed by atoms with Crippen LogP contribution < -0.4 is 0 Å². The van der Waals surface area contributed by atoms with Crippen molar-refractivity contribution in [1.82, 2.24) is 0 Å². The van der Waals surface area contributed by atoms with E-state index >= 15 is 0 Å². The normalized spacial score (nSPS) is 19.6. The Bertz CT molecular complexity index is 527. The minimum Gasteiger partial charge on any atom is -0.469 e. The molecule has 0 spiro atoms. The molecule has 1 aliphatic rings. The molecule has 0 bridgehead atoms. The van der Waals surface area contributed by atoms with Crippen molar-refractivity contribution in [1.29, 1.82) is 0 Å². The minimum atomic E-state index is -1.92. The number of ether oxygens (including phenoxy) is 3. The molecule has 0 amide bonds. The lowest BCUT2D eigenvalue weighted by Gasteiger charge is -2.41. The molecular formula is C21H40O5Si. The lowest BCUT2D eigenvalue weighted by atomic mass is 9.97. The Morgan fingerprint density at radius 3 is 2.15 bits per heavy atom.